The van der Waals surface area contributed by atoms with E-state index in [1.165, 1.54) is 0 Å². The third-order valence-electron chi connectivity index (χ3n) is 5.26. The third-order valence-corrected chi connectivity index (χ3v) is 5.26. The van der Waals surface area contributed by atoms with Gasteiger partial charge in [0, 0.05) is 11.8 Å². The Bertz CT molecular complexity index is 361. The topological polar surface area (TPSA) is 69.9 Å². The van der Waals surface area contributed by atoms with Gasteiger partial charge in [0.2, 0.25) is 0 Å². The van der Waals surface area contributed by atoms with E-state index in [0.717, 1.165) is 6.42 Å². The number of carbonyl (C=O) groups is 1. The van der Waals surface area contributed by atoms with Crippen molar-refractivity contribution in [3.63, 3.8) is 0 Å². The van der Waals surface area contributed by atoms with Crippen LogP contribution in [0.1, 0.15) is 40.0 Å². The molecule has 0 spiro atoms. The minimum atomic E-state index is -0.755. The Morgan fingerprint density at radius 2 is 1.93 bits per heavy atom. The van der Waals surface area contributed by atoms with E-state index in [2.05, 4.69) is 5.16 Å². The quantitative estimate of drug-likeness (QED) is 0.515. The van der Waals surface area contributed by atoms with Crippen LogP contribution in [0.15, 0.2) is 5.16 Å². The molecule has 2 bridgehead atoms. The van der Waals surface area contributed by atoms with E-state index in [4.69, 9.17) is 5.21 Å². The maximum Gasteiger partial charge on any atom is 0.310 e. The summed E-state index contributed by atoms with van der Waals surface area (Å²) in [5.74, 6) is -0.755. The van der Waals surface area contributed by atoms with Crippen LogP contribution in [-0.2, 0) is 4.79 Å². The molecule has 0 aromatic rings. The number of hydrogen-bond acceptors (Lipinski definition) is 3. The summed E-state index contributed by atoms with van der Waals surface area (Å²) in [4.78, 5) is 11.5. The number of carboxylic acid groups (broad SMARTS) is 1. The first-order valence-corrected chi connectivity index (χ1v) is 5.27. The largest absolute Gasteiger partial charge is 0.481 e. The smallest absolute Gasteiger partial charge is 0.310 e. The van der Waals surface area contributed by atoms with E-state index in [9.17, 15) is 9.90 Å². The van der Waals surface area contributed by atoms with Gasteiger partial charge in [-0.1, -0.05) is 25.9 Å². The molecule has 2 atom stereocenters. The van der Waals surface area contributed by atoms with Crippen LogP contribution in [0.2, 0.25) is 0 Å². The van der Waals surface area contributed by atoms with Crippen LogP contribution in [-0.4, -0.2) is 22.0 Å². The fraction of sp³-hybridized carbons (Fsp3) is 0.818. The molecule has 0 amide bonds. The van der Waals surface area contributed by atoms with Crippen LogP contribution in [0.4, 0.5) is 0 Å². The lowest BCUT2D eigenvalue weighted by Gasteiger charge is -2.37. The summed E-state index contributed by atoms with van der Waals surface area (Å²) in [6, 6.07) is 0. The minimum Gasteiger partial charge on any atom is -0.481 e. The first kappa shape index (κ1) is 10.5. The molecule has 0 saturated heterocycles. The Kier molecular flexibility index (Phi) is 1.77. The Labute approximate surface area is 89.0 Å². The summed E-state index contributed by atoms with van der Waals surface area (Å²) in [6.07, 6.45) is 1.87. The molecule has 84 valence electrons. The van der Waals surface area contributed by atoms with Crippen molar-refractivity contribution in [1.82, 2.24) is 0 Å². The highest BCUT2D eigenvalue weighted by Gasteiger charge is 2.72. The summed E-state index contributed by atoms with van der Waals surface area (Å²) >= 11 is 0. The molecule has 2 N–H and O–H groups in total. The van der Waals surface area contributed by atoms with Crippen molar-refractivity contribution >= 4 is 11.7 Å². The number of nitrogens with zero attached hydrogens (tertiary/aromatic N) is 1. The average Bonchev–Trinajstić information content (AvgIpc) is 2.46. The van der Waals surface area contributed by atoms with Crippen molar-refractivity contribution in [2.45, 2.75) is 40.0 Å². The maximum absolute atomic E-state index is 11.5. The first-order valence-electron chi connectivity index (χ1n) is 5.27. The molecule has 0 aromatic heterocycles. The standard InChI is InChI=1S/C11H17NO3/c1-9(2)10(3)4-5-11(9,8(13)14)6-7(10)12-15/h15H,4-6H2,1-3H3,(H,13,14)/b12-7-/t10-,11+/m1/s1. The van der Waals surface area contributed by atoms with Gasteiger partial charge in [0.15, 0.2) is 0 Å². The second-order valence-electron chi connectivity index (χ2n) is 5.57. The number of hydrogen-bond donors (Lipinski definition) is 2. The molecule has 0 radical (unpaired) electrons. The number of fused-ring (bicyclic) bond motifs is 2. The fourth-order valence-corrected chi connectivity index (χ4v) is 3.51. The molecule has 2 aliphatic carbocycles. The second-order valence-corrected chi connectivity index (χ2v) is 5.57. The molecule has 4 nitrogen and oxygen atoms in total. The predicted molar refractivity (Wildman–Crippen MR) is 55.0 cm³/mol. The van der Waals surface area contributed by atoms with Gasteiger partial charge in [0.25, 0.3) is 0 Å². The van der Waals surface area contributed by atoms with Crippen LogP contribution < -0.4 is 0 Å². The van der Waals surface area contributed by atoms with Crippen LogP contribution in [0.5, 0.6) is 0 Å². The summed E-state index contributed by atoms with van der Waals surface area (Å²) in [6.45, 7) is 5.97. The van der Waals surface area contributed by atoms with Crippen molar-refractivity contribution in [2.75, 3.05) is 0 Å². The highest BCUT2D eigenvalue weighted by molar-refractivity contribution is 6.00. The van der Waals surface area contributed by atoms with E-state index in [1.807, 2.05) is 20.8 Å². The van der Waals surface area contributed by atoms with Gasteiger partial charge in [-0.05, 0) is 18.3 Å². The minimum absolute atomic E-state index is 0.264. The molecule has 0 aliphatic heterocycles. The Balaban J connectivity index is 2.61. The molecular formula is C11H17NO3. The highest BCUT2D eigenvalue weighted by Crippen LogP contribution is 2.70. The lowest BCUT2D eigenvalue weighted by atomic mass is 9.65. The van der Waals surface area contributed by atoms with Crippen molar-refractivity contribution < 1.29 is 15.1 Å². The zero-order valence-corrected chi connectivity index (χ0v) is 9.37. The summed E-state index contributed by atoms with van der Waals surface area (Å²) < 4.78 is 0. The molecule has 2 rings (SSSR count). The Morgan fingerprint density at radius 1 is 1.33 bits per heavy atom. The number of carboxylic acids is 1. The second kappa shape index (κ2) is 2.54. The van der Waals surface area contributed by atoms with E-state index in [-0.39, 0.29) is 10.8 Å². The summed E-state index contributed by atoms with van der Waals surface area (Å²) in [5, 5.41) is 21.7. The summed E-state index contributed by atoms with van der Waals surface area (Å²) in [5.41, 5.74) is -0.683. The van der Waals surface area contributed by atoms with Crippen LogP contribution >= 0.6 is 0 Å². The third kappa shape index (κ3) is 0.840. The number of oxime groups is 1. The van der Waals surface area contributed by atoms with Gasteiger partial charge < -0.3 is 10.3 Å². The normalized spacial score (nSPS) is 44.9. The zero-order valence-electron chi connectivity index (χ0n) is 9.37. The highest BCUT2D eigenvalue weighted by atomic mass is 16.4. The van der Waals surface area contributed by atoms with Gasteiger partial charge in [0.05, 0.1) is 11.1 Å². The average molecular weight is 211 g/mol. The lowest BCUT2D eigenvalue weighted by Crippen LogP contribution is -2.40. The van der Waals surface area contributed by atoms with E-state index >= 15 is 0 Å². The molecule has 2 saturated carbocycles. The molecule has 2 aliphatic rings. The molecule has 15 heavy (non-hydrogen) atoms. The Morgan fingerprint density at radius 3 is 2.27 bits per heavy atom. The van der Waals surface area contributed by atoms with E-state index < -0.39 is 11.4 Å². The molecule has 0 aromatic carbocycles. The van der Waals surface area contributed by atoms with E-state index in [0.29, 0.717) is 18.6 Å². The van der Waals surface area contributed by atoms with Gasteiger partial charge in [-0.15, -0.1) is 0 Å². The summed E-state index contributed by atoms with van der Waals surface area (Å²) in [7, 11) is 0. The SMILES string of the molecule is CC1(C)[C@@]2(C(=O)O)CC[C@]1(C)/C(=N\O)C2. The lowest BCUT2D eigenvalue weighted by molar-refractivity contribution is -0.154. The predicted octanol–water partition coefficient (Wildman–Crippen LogP) is 2.12. The Hall–Kier alpha value is -1.06. The first-order chi connectivity index (χ1) is 6.82. The van der Waals surface area contributed by atoms with Gasteiger partial charge >= 0.3 is 5.97 Å². The molecule has 4 heteroatoms. The number of aliphatic carboxylic acids is 1. The molecule has 0 unspecified atom stereocenters. The van der Waals surface area contributed by atoms with Crippen LogP contribution in [0.3, 0.4) is 0 Å². The molecular weight excluding hydrogens is 194 g/mol. The van der Waals surface area contributed by atoms with Crippen molar-refractivity contribution in [3.8, 4) is 0 Å². The van der Waals surface area contributed by atoms with Crippen LogP contribution in [0, 0.1) is 16.2 Å². The van der Waals surface area contributed by atoms with Crippen molar-refractivity contribution in [1.29, 1.82) is 0 Å². The monoisotopic (exact) mass is 211 g/mol. The van der Waals surface area contributed by atoms with Gasteiger partial charge in [-0.25, -0.2) is 0 Å². The fourth-order valence-electron chi connectivity index (χ4n) is 3.51. The van der Waals surface area contributed by atoms with Gasteiger partial charge in [0.1, 0.15) is 0 Å². The van der Waals surface area contributed by atoms with Crippen LogP contribution in [0.25, 0.3) is 0 Å². The molecule has 0 heterocycles. The molecule has 2 fully saturated rings. The van der Waals surface area contributed by atoms with Crippen molar-refractivity contribution in [2.24, 2.45) is 21.4 Å². The van der Waals surface area contributed by atoms with Gasteiger partial charge in [-0.3, -0.25) is 4.79 Å². The van der Waals surface area contributed by atoms with Crippen molar-refractivity contribution in [3.05, 3.63) is 0 Å². The zero-order chi connectivity index (χ0) is 11.5. The van der Waals surface area contributed by atoms with Gasteiger partial charge in [-0.2, -0.15) is 0 Å². The maximum atomic E-state index is 11.5. The number of rotatable bonds is 1. The van der Waals surface area contributed by atoms with E-state index in [1.54, 1.807) is 0 Å².